The van der Waals surface area contributed by atoms with Gasteiger partial charge in [0.15, 0.2) is 0 Å². The smallest absolute Gasteiger partial charge is 0.292 e. The molecule has 229 valence electrons. The summed E-state index contributed by atoms with van der Waals surface area (Å²) in [5.41, 5.74) is 5.10. The minimum atomic E-state index is -1.32. The van der Waals surface area contributed by atoms with Gasteiger partial charge in [0.25, 0.3) is 0 Å². The van der Waals surface area contributed by atoms with E-state index >= 15 is 0 Å². The second kappa shape index (κ2) is 16.7. The third kappa shape index (κ3) is 17.0. The van der Waals surface area contributed by atoms with Crippen LogP contribution in [0.2, 0.25) is 97.7 Å². The van der Waals surface area contributed by atoms with E-state index in [-0.39, 0.29) is 42.9 Å². The van der Waals surface area contributed by atoms with E-state index in [1.54, 1.807) is 5.16 Å². The van der Waals surface area contributed by atoms with Gasteiger partial charge in [-0.15, -0.1) is 25.1 Å². The van der Waals surface area contributed by atoms with Crippen LogP contribution in [0.1, 0.15) is 29.7 Å². The Kier molecular flexibility index (Phi) is 17.7. The maximum absolute atomic E-state index is 5.06. The monoisotopic (exact) mass is 711 g/mol. The molecule has 0 aliphatic carbocycles. The molecule has 39 heavy (non-hydrogen) atoms. The van der Waals surface area contributed by atoms with Crippen molar-refractivity contribution in [2.24, 2.45) is 0 Å². The van der Waals surface area contributed by atoms with Crippen molar-refractivity contribution in [3.8, 4) is 0 Å². The van der Waals surface area contributed by atoms with Gasteiger partial charge in [-0.3, -0.25) is 9.97 Å². The van der Waals surface area contributed by atoms with E-state index in [0.717, 1.165) is 0 Å². The number of pyridine rings is 2. The minimum Gasteiger partial charge on any atom is -0.292 e. The van der Waals surface area contributed by atoms with Crippen LogP contribution in [0.15, 0.2) is 36.4 Å². The van der Waals surface area contributed by atoms with E-state index in [0.29, 0.717) is 0 Å². The first-order valence-corrected chi connectivity index (χ1v) is 31.1. The molecule has 0 aliphatic heterocycles. The van der Waals surface area contributed by atoms with Crippen molar-refractivity contribution in [1.82, 2.24) is 9.97 Å². The Morgan fingerprint density at radius 1 is 0.615 bits per heavy atom. The molecular formula is C30H57Cu2N2Si5. The van der Waals surface area contributed by atoms with Crippen molar-refractivity contribution in [1.29, 1.82) is 0 Å². The molecule has 2 heterocycles. The molecule has 0 N–H and O–H groups in total. The van der Waals surface area contributed by atoms with Gasteiger partial charge in [-0.2, -0.15) is 23.2 Å². The standard InChI is InChI=1S/C16H32NSi3.C14H25NSi2.2Cu/c1-18(2,3)13-14-11-10-12-15(17-14)16(19(4,5)6)20(7,8)9;1-12(10-16(2)3)14-9-7-8-13(15-14)11-17(4,5)6;;/h10-12H,13H2,1-9H3;7-9H,10-11H2,1-6H3;;/q2*-1;2*+1. The van der Waals surface area contributed by atoms with E-state index in [9.17, 15) is 0 Å². The molecule has 2 nitrogen and oxygen atoms in total. The zero-order valence-corrected chi connectivity index (χ0v) is 34.5. The van der Waals surface area contributed by atoms with Crippen molar-refractivity contribution >= 4 is 41.1 Å². The molecule has 0 fully saturated rings. The predicted molar refractivity (Wildman–Crippen MR) is 182 cm³/mol. The Balaban J connectivity index is 0. The van der Waals surface area contributed by atoms with Gasteiger partial charge in [0.1, 0.15) is 0 Å². The second-order valence-corrected chi connectivity index (χ2v) is 39.8. The first kappa shape index (κ1) is 41.3. The molecule has 2 aromatic heterocycles. The first-order chi connectivity index (χ1) is 16.6. The number of hydrogen-bond donors (Lipinski definition) is 0. The summed E-state index contributed by atoms with van der Waals surface area (Å²) in [6, 6.07) is 16.8. The van der Waals surface area contributed by atoms with Crippen LogP contribution >= 0.6 is 0 Å². The Labute approximate surface area is 270 Å². The number of hydrogen-bond acceptors (Lipinski definition) is 2. The Hall–Kier alpha value is 0.163. The Bertz CT molecular complexity index is 961. The molecule has 2 rings (SSSR count). The van der Waals surface area contributed by atoms with Crippen LogP contribution in [-0.4, -0.2) is 51.1 Å². The van der Waals surface area contributed by atoms with E-state index in [1.165, 1.54) is 46.8 Å². The minimum absolute atomic E-state index is 0. The van der Waals surface area contributed by atoms with Crippen LogP contribution in [0.4, 0.5) is 0 Å². The summed E-state index contributed by atoms with van der Waals surface area (Å²) in [5.74, 6) is 1.46. The van der Waals surface area contributed by atoms with Gasteiger partial charge in [0.05, 0.1) is 16.1 Å². The van der Waals surface area contributed by atoms with Crippen molar-refractivity contribution < 1.29 is 34.1 Å². The normalized spacial score (nSPS) is 12.1. The second-order valence-electron chi connectivity index (χ2n) is 15.5. The van der Waals surface area contributed by atoms with Crippen LogP contribution in [0.5, 0.6) is 0 Å². The molecule has 0 atom stereocenters. The SMILES string of the molecule is C[C-](C[Si](C)C)c1cccc(C[Si](C)(C)C)n1.C[Si](C)(C)Cc1cccc([C-]([Si](C)(C)C)[Si](C)(C)C)n1.[Cu+].[Cu+]. The average molecular weight is 713 g/mol. The maximum atomic E-state index is 5.06. The summed E-state index contributed by atoms with van der Waals surface area (Å²) in [4.78, 5) is 9.88. The molecule has 0 aromatic carbocycles. The summed E-state index contributed by atoms with van der Waals surface area (Å²) in [6.45, 7) is 36.2. The van der Waals surface area contributed by atoms with E-state index < -0.39 is 32.3 Å². The van der Waals surface area contributed by atoms with Crippen molar-refractivity contribution in [2.45, 2.75) is 117 Å². The molecule has 0 unspecified atom stereocenters. The van der Waals surface area contributed by atoms with E-state index in [1.807, 2.05) is 0 Å². The molecule has 0 saturated heterocycles. The number of rotatable bonds is 10. The van der Waals surface area contributed by atoms with Crippen LogP contribution in [0, 0.1) is 11.1 Å². The summed E-state index contributed by atoms with van der Waals surface area (Å²) >= 11 is 0. The molecule has 0 saturated carbocycles. The van der Waals surface area contributed by atoms with Gasteiger partial charge in [0.2, 0.25) is 0 Å². The van der Waals surface area contributed by atoms with Gasteiger partial charge < -0.3 is 0 Å². The van der Waals surface area contributed by atoms with Crippen molar-refractivity contribution in [3.63, 3.8) is 0 Å². The molecule has 2 aromatic rings. The van der Waals surface area contributed by atoms with Gasteiger partial charge in [-0.1, -0.05) is 115 Å². The zero-order valence-electron chi connectivity index (χ0n) is 27.6. The van der Waals surface area contributed by atoms with Crippen LogP contribution < -0.4 is 0 Å². The van der Waals surface area contributed by atoms with Gasteiger partial charge in [0, 0.05) is 20.2 Å². The van der Waals surface area contributed by atoms with Gasteiger partial charge in [-0.05, 0) is 28.2 Å². The topological polar surface area (TPSA) is 25.8 Å². The van der Waals surface area contributed by atoms with Crippen LogP contribution in [0.3, 0.4) is 0 Å². The molecule has 0 aliphatic rings. The fraction of sp³-hybridized carbons (Fsp3) is 0.600. The van der Waals surface area contributed by atoms with Gasteiger partial charge in [-0.25, -0.2) is 0 Å². The quantitative estimate of drug-likeness (QED) is 0.181. The third-order valence-corrected chi connectivity index (χ3v) is 17.9. The van der Waals surface area contributed by atoms with E-state index in [2.05, 4.69) is 135 Å². The molecule has 0 spiro atoms. The molecule has 0 amide bonds. The summed E-state index contributed by atoms with van der Waals surface area (Å²) in [5, 5.41) is 1.72. The maximum Gasteiger partial charge on any atom is 1.00 e. The van der Waals surface area contributed by atoms with Crippen LogP contribution in [0.25, 0.3) is 0 Å². The molecule has 0 bridgehead atoms. The predicted octanol–water partition coefficient (Wildman–Crippen LogP) is 9.37. The molecule has 1 radical (unpaired) electrons. The molecule has 9 heteroatoms. The number of nitrogens with zero attached hydrogens (tertiary/aromatic N) is 2. The van der Waals surface area contributed by atoms with Crippen molar-refractivity contribution in [3.05, 3.63) is 70.3 Å². The van der Waals surface area contributed by atoms with Gasteiger partial charge >= 0.3 is 34.1 Å². The summed E-state index contributed by atoms with van der Waals surface area (Å²) < 4.78 is 0. The summed E-state index contributed by atoms with van der Waals surface area (Å²) in [6.07, 6.45) is 0. The number of aromatic nitrogens is 2. The fourth-order valence-corrected chi connectivity index (χ4v) is 19.8. The first-order valence-electron chi connectivity index (χ1n) is 14.0. The Morgan fingerprint density at radius 3 is 1.31 bits per heavy atom. The fourth-order valence-electron chi connectivity index (χ4n) is 5.13. The summed E-state index contributed by atoms with van der Waals surface area (Å²) in [7, 11) is -4.98. The largest absolute Gasteiger partial charge is 1.00 e. The third-order valence-electron chi connectivity index (χ3n) is 5.85. The van der Waals surface area contributed by atoms with E-state index in [4.69, 9.17) is 9.97 Å². The zero-order chi connectivity index (χ0) is 28.8. The average Bonchev–Trinajstić information content (AvgIpc) is 2.63. The van der Waals surface area contributed by atoms with Crippen LogP contribution in [-0.2, 0) is 46.2 Å². The Morgan fingerprint density at radius 2 is 0.974 bits per heavy atom. The molecular weight excluding hydrogens is 656 g/mol. The van der Waals surface area contributed by atoms with Crippen molar-refractivity contribution in [2.75, 3.05) is 0 Å².